The first-order valence-corrected chi connectivity index (χ1v) is 12.5. The Morgan fingerprint density at radius 2 is 1.55 bits per heavy atom. The number of hydrogen-bond donors (Lipinski definition) is 1. The van der Waals surface area contributed by atoms with E-state index in [0.717, 1.165) is 11.4 Å². The molecule has 0 aliphatic heterocycles. The number of nitro benzene ring substituents is 1. The monoisotopic (exact) mass is 444 g/mol. The maximum absolute atomic E-state index is 10.9. The predicted molar refractivity (Wildman–Crippen MR) is 126 cm³/mol. The molecule has 168 valence electrons. The predicted octanol–water partition coefficient (Wildman–Crippen LogP) is 7.27. The van der Waals surface area contributed by atoms with Crippen molar-refractivity contribution in [3.8, 4) is 11.5 Å². The highest BCUT2D eigenvalue weighted by molar-refractivity contribution is 6.78. The number of methoxy groups -OCH3 is 1. The Kier molecular flexibility index (Phi) is 8.15. The topological polar surface area (TPSA) is 98.4 Å². The number of nitrogens with one attached hydrogen (secondary N) is 1. The van der Waals surface area contributed by atoms with Crippen molar-refractivity contribution >= 4 is 25.4 Å². The molecule has 0 saturated carbocycles. The molecule has 8 nitrogen and oxygen atoms in total. The van der Waals surface area contributed by atoms with Gasteiger partial charge in [-0.05, 0) is 47.0 Å². The third-order valence-electron chi connectivity index (χ3n) is 5.57. The SMILES string of the molecule is COc1cc([N+](=O)[O-])ccc1N=NNc1ccc(O[Si](C(C)C)(C(C)C)C(C)C)cc1. The van der Waals surface area contributed by atoms with Crippen LogP contribution in [0.4, 0.5) is 17.1 Å². The van der Waals surface area contributed by atoms with Crippen LogP contribution in [-0.2, 0) is 0 Å². The largest absolute Gasteiger partial charge is 0.543 e. The summed E-state index contributed by atoms with van der Waals surface area (Å²) in [5.74, 6) is 1.14. The third kappa shape index (κ3) is 5.60. The molecule has 9 heteroatoms. The van der Waals surface area contributed by atoms with E-state index in [1.165, 1.54) is 25.3 Å². The minimum absolute atomic E-state index is 0.0665. The second kappa shape index (κ2) is 10.4. The van der Waals surface area contributed by atoms with Gasteiger partial charge in [0.25, 0.3) is 14.0 Å². The van der Waals surface area contributed by atoms with E-state index in [-0.39, 0.29) is 11.4 Å². The van der Waals surface area contributed by atoms with Gasteiger partial charge in [0.15, 0.2) is 5.75 Å². The van der Waals surface area contributed by atoms with Crippen molar-refractivity contribution in [2.45, 2.75) is 58.2 Å². The maximum Gasteiger partial charge on any atom is 0.273 e. The molecule has 0 spiro atoms. The number of nitro groups is 1. The van der Waals surface area contributed by atoms with E-state index in [1.807, 2.05) is 24.3 Å². The number of nitrogens with zero attached hydrogens (tertiary/aromatic N) is 3. The quantitative estimate of drug-likeness (QED) is 0.180. The fourth-order valence-electron chi connectivity index (χ4n) is 4.15. The highest BCUT2D eigenvalue weighted by atomic mass is 28.4. The maximum atomic E-state index is 10.9. The molecule has 2 aromatic carbocycles. The lowest BCUT2D eigenvalue weighted by molar-refractivity contribution is -0.384. The number of rotatable bonds is 10. The summed E-state index contributed by atoms with van der Waals surface area (Å²) in [6, 6.07) is 11.8. The second-order valence-corrected chi connectivity index (χ2v) is 13.7. The molecule has 2 rings (SSSR count). The van der Waals surface area contributed by atoms with Gasteiger partial charge in [0.1, 0.15) is 11.4 Å². The summed E-state index contributed by atoms with van der Waals surface area (Å²) in [7, 11) is -0.573. The van der Waals surface area contributed by atoms with E-state index < -0.39 is 13.2 Å². The zero-order valence-electron chi connectivity index (χ0n) is 19.2. The Morgan fingerprint density at radius 1 is 0.968 bits per heavy atom. The summed E-state index contributed by atoms with van der Waals surface area (Å²) in [6.45, 7) is 13.6. The fraction of sp³-hybridized carbons (Fsp3) is 0.455. The first-order chi connectivity index (χ1) is 14.6. The number of non-ortho nitro benzene ring substituents is 1. The molecule has 0 saturated heterocycles. The molecule has 31 heavy (non-hydrogen) atoms. The summed E-state index contributed by atoms with van der Waals surface area (Å²) in [5.41, 5.74) is 5.43. The van der Waals surface area contributed by atoms with Gasteiger partial charge in [-0.3, -0.25) is 15.5 Å². The zero-order valence-corrected chi connectivity index (χ0v) is 20.2. The molecule has 0 bridgehead atoms. The molecule has 0 atom stereocenters. The van der Waals surface area contributed by atoms with Crippen LogP contribution in [0.5, 0.6) is 11.5 Å². The second-order valence-electron chi connectivity index (χ2n) is 8.37. The van der Waals surface area contributed by atoms with Crippen molar-refractivity contribution in [1.29, 1.82) is 0 Å². The molecule has 0 heterocycles. The highest BCUT2D eigenvalue weighted by Gasteiger charge is 2.46. The van der Waals surface area contributed by atoms with Gasteiger partial charge in [0.05, 0.1) is 23.8 Å². The summed E-state index contributed by atoms with van der Waals surface area (Å²) >= 11 is 0. The molecule has 0 unspecified atom stereocenters. The van der Waals surface area contributed by atoms with Gasteiger partial charge < -0.3 is 9.16 Å². The summed E-state index contributed by atoms with van der Waals surface area (Å²) in [6.07, 6.45) is 0. The van der Waals surface area contributed by atoms with Gasteiger partial charge in [0.2, 0.25) is 0 Å². The van der Waals surface area contributed by atoms with Gasteiger partial charge in [-0.1, -0.05) is 46.8 Å². The standard InChI is InChI=1S/C22H32N4O4Si/c1-15(2)31(16(3)4,17(5)6)30-20-11-8-18(9-12-20)23-25-24-21-13-10-19(26(27)28)14-22(21)29-7/h8-17H,1-7H3,(H,23,24). The normalized spacial score (nSPS) is 12.1. The third-order valence-corrected chi connectivity index (χ3v) is 11.6. The molecule has 0 aliphatic carbocycles. The Balaban J connectivity index is 2.12. The van der Waals surface area contributed by atoms with E-state index >= 15 is 0 Å². The van der Waals surface area contributed by atoms with Gasteiger partial charge in [-0.2, -0.15) is 0 Å². The molecule has 0 aliphatic rings. The van der Waals surface area contributed by atoms with Crippen LogP contribution in [0.1, 0.15) is 41.5 Å². The minimum Gasteiger partial charge on any atom is -0.543 e. The lowest BCUT2D eigenvalue weighted by Crippen LogP contribution is -2.50. The van der Waals surface area contributed by atoms with E-state index in [4.69, 9.17) is 9.16 Å². The van der Waals surface area contributed by atoms with Crippen molar-refractivity contribution in [1.82, 2.24) is 0 Å². The molecule has 1 N–H and O–H groups in total. The zero-order chi connectivity index (χ0) is 23.2. The van der Waals surface area contributed by atoms with Crippen LogP contribution in [0.3, 0.4) is 0 Å². The van der Waals surface area contributed by atoms with E-state index in [2.05, 4.69) is 57.3 Å². The van der Waals surface area contributed by atoms with Gasteiger partial charge in [-0.25, -0.2) is 0 Å². The first-order valence-electron chi connectivity index (χ1n) is 10.4. The molecule has 2 aromatic rings. The summed E-state index contributed by atoms with van der Waals surface area (Å²) in [4.78, 5) is 10.4. The number of ether oxygens (including phenoxy) is 1. The van der Waals surface area contributed by atoms with Gasteiger partial charge in [-0.15, -0.1) is 5.11 Å². The van der Waals surface area contributed by atoms with Crippen molar-refractivity contribution in [2.75, 3.05) is 12.5 Å². The lowest BCUT2D eigenvalue weighted by Gasteiger charge is -2.42. The molecular weight excluding hydrogens is 412 g/mol. The van der Waals surface area contributed by atoms with Gasteiger partial charge >= 0.3 is 0 Å². The molecule has 0 radical (unpaired) electrons. The van der Waals surface area contributed by atoms with Crippen LogP contribution in [0.25, 0.3) is 0 Å². The highest BCUT2D eigenvalue weighted by Crippen LogP contribution is 2.42. The average molecular weight is 445 g/mol. The van der Waals surface area contributed by atoms with Crippen LogP contribution in [-0.4, -0.2) is 20.4 Å². The Morgan fingerprint density at radius 3 is 2.03 bits per heavy atom. The summed E-state index contributed by atoms with van der Waals surface area (Å²) < 4.78 is 11.8. The number of anilines is 1. The number of benzene rings is 2. The van der Waals surface area contributed by atoms with Crippen molar-refractivity contribution in [2.24, 2.45) is 10.3 Å². The molecule has 0 aromatic heterocycles. The van der Waals surface area contributed by atoms with Crippen molar-refractivity contribution in [3.63, 3.8) is 0 Å². The average Bonchev–Trinajstić information content (AvgIpc) is 2.72. The van der Waals surface area contributed by atoms with E-state index in [9.17, 15) is 10.1 Å². The minimum atomic E-state index is -2.00. The molecular formula is C22H32N4O4Si. The Bertz CT molecular complexity index is 892. The van der Waals surface area contributed by atoms with Crippen LogP contribution in [0.15, 0.2) is 52.8 Å². The van der Waals surface area contributed by atoms with Crippen LogP contribution in [0, 0.1) is 10.1 Å². The Labute approximate surface area is 184 Å². The van der Waals surface area contributed by atoms with E-state index in [0.29, 0.717) is 22.3 Å². The molecule has 0 fully saturated rings. The molecule has 0 amide bonds. The van der Waals surface area contributed by atoms with Crippen LogP contribution >= 0.6 is 0 Å². The van der Waals surface area contributed by atoms with Crippen molar-refractivity contribution in [3.05, 3.63) is 52.6 Å². The van der Waals surface area contributed by atoms with E-state index in [1.54, 1.807) is 0 Å². The Hall–Kier alpha value is -2.94. The van der Waals surface area contributed by atoms with Crippen LogP contribution < -0.4 is 14.6 Å². The fourth-order valence-corrected chi connectivity index (χ4v) is 9.41. The first kappa shape index (κ1) is 24.3. The van der Waals surface area contributed by atoms with Gasteiger partial charge in [0, 0.05) is 6.07 Å². The smallest absolute Gasteiger partial charge is 0.273 e. The summed E-state index contributed by atoms with van der Waals surface area (Å²) in [5, 5.41) is 18.9. The van der Waals surface area contributed by atoms with Crippen molar-refractivity contribution < 1.29 is 14.1 Å². The number of hydrogen-bond acceptors (Lipinski definition) is 6. The van der Waals surface area contributed by atoms with Crippen LogP contribution in [0.2, 0.25) is 16.6 Å². The lowest BCUT2D eigenvalue weighted by atomic mass is 10.2.